The van der Waals surface area contributed by atoms with Gasteiger partial charge in [-0.2, -0.15) is 5.10 Å². The Hall–Kier alpha value is -3.57. The van der Waals surface area contributed by atoms with Crippen molar-refractivity contribution in [3.63, 3.8) is 0 Å². The summed E-state index contributed by atoms with van der Waals surface area (Å²) in [5.74, 6) is -0.192. The van der Waals surface area contributed by atoms with E-state index in [4.69, 9.17) is 11.6 Å². The molecule has 4 aromatic rings. The number of para-hydroxylation sites is 1. The van der Waals surface area contributed by atoms with Crippen molar-refractivity contribution in [2.45, 2.75) is 0 Å². The number of hydrazone groups is 1. The van der Waals surface area contributed by atoms with Crippen LogP contribution in [0.1, 0.15) is 21.6 Å². The number of carbonyl (C=O) groups excluding carboxylic acids is 1. The second-order valence-corrected chi connectivity index (χ2v) is 6.66. The van der Waals surface area contributed by atoms with Crippen LogP contribution in [-0.2, 0) is 0 Å². The van der Waals surface area contributed by atoms with Gasteiger partial charge in [-0.1, -0.05) is 41.9 Å². The van der Waals surface area contributed by atoms with Crippen LogP contribution in [0.15, 0.2) is 84.0 Å². The average Bonchev–Trinajstić information content (AvgIpc) is 3.15. The smallest absolute Gasteiger partial charge is 0.287 e. The van der Waals surface area contributed by atoms with Crippen LogP contribution in [0, 0.1) is 0 Å². The highest BCUT2D eigenvalue weighted by Crippen LogP contribution is 2.18. The van der Waals surface area contributed by atoms with Crippen LogP contribution in [0.4, 0.5) is 0 Å². The molecule has 0 radical (unpaired) electrons. The SMILES string of the molecule is O=C(N/N=C(\c1ccc(O)cc1)c1ccc(Cl)cc1)c1cc2ccccc2[nH]1. The van der Waals surface area contributed by atoms with Gasteiger partial charge in [0.2, 0.25) is 0 Å². The predicted molar refractivity (Wildman–Crippen MR) is 111 cm³/mol. The lowest BCUT2D eigenvalue weighted by Crippen LogP contribution is -2.21. The van der Waals surface area contributed by atoms with E-state index in [0.717, 1.165) is 22.0 Å². The van der Waals surface area contributed by atoms with E-state index in [9.17, 15) is 9.90 Å². The fraction of sp³-hybridized carbons (Fsp3) is 0. The minimum absolute atomic E-state index is 0.154. The molecule has 1 amide bonds. The van der Waals surface area contributed by atoms with E-state index in [1.165, 1.54) is 0 Å². The zero-order valence-electron chi connectivity index (χ0n) is 14.7. The third-order valence-corrected chi connectivity index (χ3v) is 4.55. The maximum Gasteiger partial charge on any atom is 0.287 e. The van der Waals surface area contributed by atoms with Crippen LogP contribution in [-0.4, -0.2) is 21.7 Å². The number of carbonyl (C=O) groups is 1. The molecule has 0 fully saturated rings. The second-order valence-electron chi connectivity index (χ2n) is 6.23. The molecule has 0 saturated carbocycles. The maximum atomic E-state index is 12.6. The lowest BCUT2D eigenvalue weighted by molar-refractivity contribution is 0.0951. The van der Waals surface area contributed by atoms with Gasteiger partial charge in [0.05, 0.1) is 5.71 Å². The van der Waals surface area contributed by atoms with Gasteiger partial charge in [-0.05, 0) is 48.5 Å². The fourth-order valence-electron chi connectivity index (χ4n) is 2.89. The number of H-pyrrole nitrogens is 1. The first kappa shape index (κ1) is 17.8. The lowest BCUT2D eigenvalue weighted by atomic mass is 10.0. The molecule has 138 valence electrons. The molecule has 4 rings (SSSR count). The molecule has 1 heterocycles. The van der Waals surface area contributed by atoms with Crippen molar-refractivity contribution in [2.75, 3.05) is 0 Å². The number of benzene rings is 3. The molecule has 1 aromatic heterocycles. The monoisotopic (exact) mass is 389 g/mol. The van der Waals surface area contributed by atoms with Crippen molar-refractivity contribution in [3.8, 4) is 5.75 Å². The zero-order valence-corrected chi connectivity index (χ0v) is 15.4. The first-order valence-corrected chi connectivity index (χ1v) is 8.99. The number of amides is 1. The molecular formula is C22H16ClN3O2. The van der Waals surface area contributed by atoms with Gasteiger partial charge < -0.3 is 10.1 Å². The largest absolute Gasteiger partial charge is 0.508 e. The van der Waals surface area contributed by atoms with E-state index in [1.807, 2.05) is 36.4 Å². The fourth-order valence-corrected chi connectivity index (χ4v) is 3.01. The Bertz CT molecular complexity index is 1080. The topological polar surface area (TPSA) is 77.5 Å². The van der Waals surface area contributed by atoms with Gasteiger partial charge in [-0.15, -0.1) is 0 Å². The summed E-state index contributed by atoms with van der Waals surface area (Å²) in [5.41, 5.74) is 6.00. The summed E-state index contributed by atoms with van der Waals surface area (Å²) in [5, 5.41) is 15.5. The predicted octanol–water partition coefficient (Wildman–Crippen LogP) is 4.71. The number of nitrogens with one attached hydrogen (secondary N) is 2. The summed E-state index contributed by atoms with van der Waals surface area (Å²) < 4.78 is 0. The van der Waals surface area contributed by atoms with Crippen LogP contribution >= 0.6 is 11.6 Å². The Morgan fingerprint density at radius 2 is 1.57 bits per heavy atom. The molecule has 0 aliphatic carbocycles. The Kier molecular flexibility index (Phi) is 4.83. The first-order chi connectivity index (χ1) is 13.6. The van der Waals surface area contributed by atoms with E-state index in [1.54, 1.807) is 42.5 Å². The highest BCUT2D eigenvalue weighted by atomic mass is 35.5. The molecule has 0 unspecified atom stereocenters. The van der Waals surface area contributed by atoms with Crippen molar-refractivity contribution in [3.05, 3.63) is 101 Å². The molecule has 0 saturated heterocycles. The average molecular weight is 390 g/mol. The van der Waals surface area contributed by atoms with Crippen LogP contribution in [0.3, 0.4) is 0 Å². The molecule has 0 bridgehead atoms. The number of phenolic OH excluding ortho intramolecular Hbond substituents is 1. The Morgan fingerprint density at radius 1 is 0.929 bits per heavy atom. The van der Waals surface area contributed by atoms with Gasteiger partial charge in [0.15, 0.2) is 0 Å². The van der Waals surface area contributed by atoms with E-state index < -0.39 is 0 Å². The minimum atomic E-state index is -0.346. The van der Waals surface area contributed by atoms with E-state index in [0.29, 0.717) is 16.4 Å². The third-order valence-electron chi connectivity index (χ3n) is 4.30. The normalized spacial score (nSPS) is 11.5. The molecule has 0 atom stereocenters. The molecule has 0 spiro atoms. The number of rotatable bonds is 4. The summed E-state index contributed by atoms with van der Waals surface area (Å²) in [7, 11) is 0. The Morgan fingerprint density at radius 3 is 2.25 bits per heavy atom. The maximum absolute atomic E-state index is 12.6. The summed E-state index contributed by atoms with van der Waals surface area (Å²) in [4.78, 5) is 15.7. The molecule has 6 heteroatoms. The first-order valence-electron chi connectivity index (χ1n) is 8.61. The standard InChI is InChI=1S/C22H16ClN3O2/c23-17-9-5-14(6-10-17)21(15-7-11-18(27)12-8-15)25-26-22(28)20-13-16-3-1-2-4-19(16)24-20/h1-13,24,27H,(H,26,28)/b25-21-. The highest BCUT2D eigenvalue weighted by Gasteiger charge is 2.12. The van der Waals surface area contributed by atoms with E-state index in [-0.39, 0.29) is 11.7 Å². The van der Waals surface area contributed by atoms with Gasteiger partial charge in [-0.3, -0.25) is 4.79 Å². The van der Waals surface area contributed by atoms with E-state index >= 15 is 0 Å². The number of hydrogen-bond acceptors (Lipinski definition) is 3. The van der Waals surface area contributed by atoms with Gasteiger partial charge in [0, 0.05) is 27.1 Å². The van der Waals surface area contributed by atoms with E-state index in [2.05, 4.69) is 15.5 Å². The van der Waals surface area contributed by atoms with Crippen LogP contribution in [0.25, 0.3) is 10.9 Å². The second kappa shape index (κ2) is 7.58. The number of aromatic amines is 1. The summed E-state index contributed by atoms with van der Waals surface area (Å²) in [6.45, 7) is 0. The Labute approximate surface area is 166 Å². The van der Waals surface area contributed by atoms with Crippen LogP contribution in [0.5, 0.6) is 5.75 Å². The van der Waals surface area contributed by atoms with Crippen molar-refractivity contribution in [1.82, 2.24) is 10.4 Å². The number of fused-ring (bicyclic) bond motifs is 1. The third kappa shape index (κ3) is 3.75. The summed E-state index contributed by atoms with van der Waals surface area (Å²) in [6, 6.07) is 23.2. The molecule has 3 N–H and O–H groups in total. The minimum Gasteiger partial charge on any atom is -0.508 e. The lowest BCUT2D eigenvalue weighted by Gasteiger charge is -2.08. The number of phenols is 1. The van der Waals surface area contributed by atoms with Crippen LogP contribution < -0.4 is 5.43 Å². The number of halogens is 1. The number of aromatic nitrogens is 1. The summed E-state index contributed by atoms with van der Waals surface area (Å²) in [6.07, 6.45) is 0. The molecule has 3 aromatic carbocycles. The summed E-state index contributed by atoms with van der Waals surface area (Å²) >= 11 is 5.98. The molecule has 28 heavy (non-hydrogen) atoms. The van der Waals surface area contributed by atoms with Gasteiger partial charge in [-0.25, -0.2) is 5.43 Å². The van der Waals surface area contributed by atoms with Gasteiger partial charge >= 0.3 is 0 Å². The number of nitrogens with zero attached hydrogens (tertiary/aromatic N) is 1. The Balaban J connectivity index is 1.67. The molecule has 0 aliphatic rings. The van der Waals surface area contributed by atoms with Gasteiger partial charge in [0.25, 0.3) is 5.91 Å². The van der Waals surface area contributed by atoms with Crippen molar-refractivity contribution >= 4 is 34.1 Å². The highest BCUT2D eigenvalue weighted by molar-refractivity contribution is 6.30. The van der Waals surface area contributed by atoms with Crippen LogP contribution in [0.2, 0.25) is 5.02 Å². The quantitative estimate of drug-likeness (QED) is 0.349. The van der Waals surface area contributed by atoms with Gasteiger partial charge in [0.1, 0.15) is 11.4 Å². The molecule has 0 aliphatic heterocycles. The van der Waals surface area contributed by atoms with Crippen molar-refractivity contribution in [2.24, 2.45) is 5.10 Å². The van der Waals surface area contributed by atoms with Crippen molar-refractivity contribution in [1.29, 1.82) is 0 Å². The number of hydrogen-bond donors (Lipinski definition) is 3. The number of aromatic hydroxyl groups is 1. The molecule has 5 nitrogen and oxygen atoms in total. The molecular weight excluding hydrogens is 374 g/mol. The van der Waals surface area contributed by atoms with Crippen molar-refractivity contribution < 1.29 is 9.90 Å². The zero-order chi connectivity index (χ0) is 19.5.